The van der Waals surface area contributed by atoms with Gasteiger partial charge in [0.1, 0.15) is 0 Å². The Hall–Kier alpha value is -0.780. The molecule has 1 atom stereocenters. The molecule has 0 amide bonds. The summed E-state index contributed by atoms with van der Waals surface area (Å²) in [6.07, 6.45) is 1.25. The molecule has 0 aliphatic carbocycles. The molecule has 102 valence electrons. The van der Waals surface area contributed by atoms with Gasteiger partial charge in [-0.3, -0.25) is 0 Å². The molecule has 0 saturated carbocycles. The average Bonchev–Trinajstić information content (AvgIpc) is 2.25. The third-order valence-corrected chi connectivity index (χ3v) is 4.54. The first-order valence-corrected chi connectivity index (χ1v) is 7.19. The van der Waals surface area contributed by atoms with Crippen molar-refractivity contribution < 1.29 is 0 Å². The van der Waals surface area contributed by atoms with Crippen LogP contribution >= 0.6 is 0 Å². The third-order valence-electron chi connectivity index (χ3n) is 4.54. The Morgan fingerprint density at radius 3 is 1.78 bits per heavy atom. The Morgan fingerprint density at radius 1 is 0.889 bits per heavy atom. The van der Waals surface area contributed by atoms with E-state index in [9.17, 15) is 0 Å². The fraction of sp³-hybridized carbons (Fsp3) is 0.667. The summed E-state index contributed by atoms with van der Waals surface area (Å²) in [6, 6.07) is 11.0. The summed E-state index contributed by atoms with van der Waals surface area (Å²) in [6.45, 7) is 16.6. The molecule has 0 N–H and O–H groups in total. The Bertz CT molecular complexity index is 351. The van der Waals surface area contributed by atoms with E-state index in [1.165, 1.54) is 12.0 Å². The normalized spacial score (nSPS) is 14.9. The summed E-state index contributed by atoms with van der Waals surface area (Å²) in [7, 11) is 0. The highest BCUT2D eigenvalue weighted by Crippen LogP contribution is 2.45. The van der Waals surface area contributed by atoms with Crippen LogP contribution in [-0.2, 0) is 0 Å². The van der Waals surface area contributed by atoms with Gasteiger partial charge in [-0.1, -0.05) is 78.8 Å². The molecule has 0 aliphatic rings. The van der Waals surface area contributed by atoms with E-state index >= 15 is 0 Å². The first-order valence-electron chi connectivity index (χ1n) is 7.19. The van der Waals surface area contributed by atoms with Gasteiger partial charge >= 0.3 is 0 Å². The minimum Gasteiger partial charge on any atom is -0.0623 e. The molecule has 0 aromatic heterocycles. The van der Waals surface area contributed by atoms with Crippen molar-refractivity contribution in [2.75, 3.05) is 0 Å². The molecule has 1 aromatic rings. The molecule has 1 unspecified atom stereocenters. The van der Waals surface area contributed by atoms with Gasteiger partial charge in [0.2, 0.25) is 0 Å². The predicted octanol–water partition coefficient (Wildman–Crippen LogP) is 5.89. The van der Waals surface area contributed by atoms with Crippen LogP contribution in [0.25, 0.3) is 0 Å². The van der Waals surface area contributed by atoms with Crippen molar-refractivity contribution in [1.82, 2.24) is 0 Å². The second-order valence-electron chi connectivity index (χ2n) is 7.68. The minimum atomic E-state index is 0.313. The van der Waals surface area contributed by atoms with Crippen LogP contribution in [-0.4, -0.2) is 0 Å². The summed E-state index contributed by atoms with van der Waals surface area (Å²) in [5.74, 6) is 1.34. The maximum Gasteiger partial charge on any atom is -0.0108 e. The number of hydrogen-bond acceptors (Lipinski definition) is 0. The highest BCUT2D eigenvalue weighted by molar-refractivity contribution is 5.21. The lowest BCUT2D eigenvalue weighted by atomic mass is 9.65. The van der Waals surface area contributed by atoms with Gasteiger partial charge < -0.3 is 0 Å². The Balaban J connectivity index is 3.02. The van der Waals surface area contributed by atoms with Crippen LogP contribution in [0.15, 0.2) is 30.3 Å². The molecule has 0 nitrogen and oxygen atoms in total. The zero-order valence-electron chi connectivity index (χ0n) is 13.2. The van der Waals surface area contributed by atoms with Gasteiger partial charge in [0.15, 0.2) is 0 Å². The van der Waals surface area contributed by atoms with Crippen LogP contribution in [0.4, 0.5) is 0 Å². The lowest BCUT2D eigenvalue weighted by Crippen LogP contribution is -2.28. The molecule has 1 rings (SSSR count). The van der Waals surface area contributed by atoms with Crippen molar-refractivity contribution in [3.05, 3.63) is 35.9 Å². The van der Waals surface area contributed by atoms with Crippen molar-refractivity contribution in [3.63, 3.8) is 0 Å². The van der Waals surface area contributed by atoms with Gasteiger partial charge in [-0.2, -0.15) is 0 Å². The second kappa shape index (κ2) is 5.47. The fourth-order valence-electron chi connectivity index (χ4n) is 2.37. The molecule has 0 heteroatoms. The molecule has 0 radical (unpaired) electrons. The molecular weight excluding hydrogens is 216 g/mol. The average molecular weight is 246 g/mol. The van der Waals surface area contributed by atoms with Gasteiger partial charge in [0.05, 0.1) is 0 Å². The quantitative estimate of drug-likeness (QED) is 0.621. The molecule has 0 bridgehead atoms. The number of rotatable bonds is 4. The Kier molecular flexibility index (Phi) is 4.64. The SMILES string of the molecule is CC(C)C(C)(C)CC(c1ccccc1)C(C)(C)C. The van der Waals surface area contributed by atoms with E-state index in [-0.39, 0.29) is 0 Å². The van der Waals surface area contributed by atoms with Crippen molar-refractivity contribution in [2.24, 2.45) is 16.7 Å². The summed E-state index contributed by atoms with van der Waals surface area (Å²) in [5.41, 5.74) is 2.18. The second-order valence-corrected chi connectivity index (χ2v) is 7.68. The van der Waals surface area contributed by atoms with Crippen LogP contribution in [0.5, 0.6) is 0 Å². The zero-order chi connectivity index (χ0) is 14.0. The first kappa shape index (κ1) is 15.3. The predicted molar refractivity (Wildman–Crippen MR) is 81.9 cm³/mol. The number of benzene rings is 1. The first-order chi connectivity index (χ1) is 8.14. The highest BCUT2D eigenvalue weighted by Gasteiger charge is 2.33. The zero-order valence-corrected chi connectivity index (χ0v) is 13.2. The van der Waals surface area contributed by atoms with Crippen LogP contribution < -0.4 is 0 Å². The van der Waals surface area contributed by atoms with E-state index < -0.39 is 0 Å². The lowest BCUT2D eigenvalue weighted by molar-refractivity contribution is 0.163. The lowest BCUT2D eigenvalue weighted by Gasteiger charge is -2.39. The Labute approximate surface area is 114 Å². The Morgan fingerprint density at radius 2 is 1.39 bits per heavy atom. The highest BCUT2D eigenvalue weighted by atomic mass is 14.4. The molecule has 0 saturated heterocycles. The summed E-state index contributed by atoms with van der Waals surface area (Å²) < 4.78 is 0. The van der Waals surface area contributed by atoms with Gasteiger partial charge in [-0.05, 0) is 34.7 Å². The molecule has 0 aliphatic heterocycles. The van der Waals surface area contributed by atoms with Crippen LogP contribution in [0, 0.1) is 16.7 Å². The summed E-state index contributed by atoms with van der Waals surface area (Å²) in [5, 5.41) is 0. The van der Waals surface area contributed by atoms with Crippen molar-refractivity contribution in [3.8, 4) is 0 Å². The molecule has 0 heterocycles. The van der Waals surface area contributed by atoms with Crippen LogP contribution in [0.1, 0.15) is 66.4 Å². The van der Waals surface area contributed by atoms with E-state index in [4.69, 9.17) is 0 Å². The largest absolute Gasteiger partial charge is 0.0623 e. The van der Waals surface area contributed by atoms with E-state index in [1.54, 1.807) is 0 Å². The maximum atomic E-state index is 2.40. The standard InChI is InChI=1S/C18H30/c1-14(2)18(6,7)13-16(17(3,4)5)15-11-9-8-10-12-15/h8-12,14,16H,13H2,1-7H3. The summed E-state index contributed by atoms with van der Waals surface area (Å²) in [4.78, 5) is 0. The molecule has 18 heavy (non-hydrogen) atoms. The summed E-state index contributed by atoms with van der Waals surface area (Å²) >= 11 is 0. The molecular formula is C18H30. The van der Waals surface area contributed by atoms with Crippen LogP contribution in [0.3, 0.4) is 0 Å². The van der Waals surface area contributed by atoms with Crippen LogP contribution in [0.2, 0.25) is 0 Å². The van der Waals surface area contributed by atoms with E-state index in [1.807, 2.05) is 0 Å². The van der Waals surface area contributed by atoms with Crippen molar-refractivity contribution in [2.45, 2.75) is 60.8 Å². The van der Waals surface area contributed by atoms with Crippen molar-refractivity contribution in [1.29, 1.82) is 0 Å². The van der Waals surface area contributed by atoms with Gasteiger partial charge in [0, 0.05) is 0 Å². The smallest absolute Gasteiger partial charge is 0.0108 e. The monoisotopic (exact) mass is 246 g/mol. The topological polar surface area (TPSA) is 0 Å². The molecule has 0 spiro atoms. The number of hydrogen-bond donors (Lipinski definition) is 0. The third kappa shape index (κ3) is 3.86. The van der Waals surface area contributed by atoms with Gasteiger partial charge in [0.25, 0.3) is 0 Å². The minimum absolute atomic E-state index is 0.313. The van der Waals surface area contributed by atoms with Gasteiger partial charge in [-0.15, -0.1) is 0 Å². The van der Waals surface area contributed by atoms with E-state index in [0.717, 1.165) is 0 Å². The molecule has 1 aromatic carbocycles. The molecule has 0 fully saturated rings. The van der Waals surface area contributed by atoms with Gasteiger partial charge in [-0.25, -0.2) is 0 Å². The van der Waals surface area contributed by atoms with E-state index in [2.05, 4.69) is 78.8 Å². The van der Waals surface area contributed by atoms with Crippen molar-refractivity contribution >= 4 is 0 Å². The fourth-order valence-corrected chi connectivity index (χ4v) is 2.37. The van der Waals surface area contributed by atoms with E-state index in [0.29, 0.717) is 22.7 Å². The maximum absolute atomic E-state index is 2.40.